The van der Waals surface area contributed by atoms with Crippen molar-refractivity contribution in [3.05, 3.63) is 88.3 Å². The number of non-ortho nitro benzene ring substituents is 1. The molecule has 1 unspecified atom stereocenters. The molecule has 1 fully saturated rings. The second-order valence-corrected chi connectivity index (χ2v) is 8.38. The Morgan fingerprint density at radius 3 is 2.45 bits per heavy atom. The third-order valence-electron chi connectivity index (χ3n) is 6.35. The topological polar surface area (TPSA) is 88.5 Å². The third-order valence-corrected chi connectivity index (χ3v) is 6.35. The highest BCUT2D eigenvalue weighted by Crippen LogP contribution is 2.27. The number of hydrogen-bond donors (Lipinski definition) is 0. The summed E-state index contributed by atoms with van der Waals surface area (Å²) in [7, 11) is 0. The van der Waals surface area contributed by atoms with Crippen molar-refractivity contribution in [2.24, 2.45) is 0 Å². The van der Waals surface area contributed by atoms with Gasteiger partial charge in [0.15, 0.2) is 0 Å². The van der Waals surface area contributed by atoms with Crippen LogP contribution in [0.5, 0.6) is 0 Å². The summed E-state index contributed by atoms with van der Waals surface area (Å²) < 4.78 is 5.91. The van der Waals surface area contributed by atoms with Crippen LogP contribution in [0.25, 0.3) is 22.2 Å². The Labute approximate surface area is 191 Å². The molecule has 4 aromatic rings. The zero-order chi connectivity index (χ0) is 22.8. The van der Waals surface area contributed by atoms with Crippen LogP contribution in [-0.2, 0) is 6.54 Å². The van der Waals surface area contributed by atoms with Gasteiger partial charge in [0.2, 0.25) is 11.8 Å². The van der Waals surface area contributed by atoms with Crippen LogP contribution in [0.2, 0.25) is 0 Å². The Hall–Kier alpha value is -3.62. The number of nitrogens with zero attached hydrogens (tertiary/aromatic N) is 5. The Bertz CT molecular complexity index is 1260. The van der Waals surface area contributed by atoms with Crippen LogP contribution in [0.3, 0.4) is 0 Å². The average Bonchev–Trinajstić information content (AvgIpc) is 3.35. The van der Waals surface area contributed by atoms with E-state index in [1.54, 1.807) is 12.1 Å². The molecule has 0 radical (unpaired) electrons. The van der Waals surface area contributed by atoms with Crippen LogP contribution in [0.1, 0.15) is 24.4 Å². The number of benzene rings is 3. The van der Waals surface area contributed by atoms with Gasteiger partial charge in [-0.3, -0.25) is 19.9 Å². The Morgan fingerprint density at radius 2 is 1.70 bits per heavy atom. The maximum atomic E-state index is 10.8. The van der Waals surface area contributed by atoms with Crippen molar-refractivity contribution < 1.29 is 9.34 Å². The SMILES string of the molecule is CC(c1nnc(-c2ccc([N+](=O)[O-])cc2)o1)N1CCN(Cc2cccc3ccccc23)CC1. The summed E-state index contributed by atoms with van der Waals surface area (Å²) in [5.41, 5.74) is 2.07. The van der Waals surface area contributed by atoms with Gasteiger partial charge in [0.25, 0.3) is 5.69 Å². The van der Waals surface area contributed by atoms with Gasteiger partial charge in [-0.15, -0.1) is 10.2 Å². The fourth-order valence-electron chi connectivity index (χ4n) is 4.38. The molecule has 1 aliphatic rings. The highest BCUT2D eigenvalue weighted by Gasteiger charge is 2.26. The van der Waals surface area contributed by atoms with Crippen LogP contribution in [-0.4, -0.2) is 51.1 Å². The van der Waals surface area contributed by atoms with E-state index >= 15 is 0 Å². The molecule has 1 saturated heterocycles. The molecule has 1 atom stereocenters. The maximum Gasteiger partial charge on any atom is 0.269 e. The highest BCUT2D eigenvalue weighted by atomic mass is 16.6. The minimum atomic E-state index is -0.426. The normalized spacial score (nSPS) is 16.2. The first-order valence-electron chi connectivity index (χ1n) is 11.1. The predicted molar refractivity (Wildman–Crippen MR) is 126 cm³/mol. The van der Waals surface area contributed by atoms with Gasteiger partial charge in [-0.2, -0.15) is 0 Å². The van der Waals surface area contributed by atoms with Gasteiger partial charge in [0, 0.05) is 50.4 Å². The number of nitro benzene ring substituents is 1. The summed E-state index contributed by atoms with van der Waals surface area (Å²) in [6.45, 7) is 6.79. The van der Waals surface area contributed by atoms with Crippen molar-refractivity contribution >= 4 is 16.5 Å². The smallest absolute Gasteiger partial charge is 0.269 e. The molecule has 2 heterocycles. The minimum Gasteiger partial charge on any atom is -0.419 e. The average molecular weight is 444 g/mol. The van der Waals surface area contributed by atoms with E-state index in [2.05, 4.69) is 69.4 Å². The first-order chi connectivity index (χ1) is 16.1. The van der Waals surface area contributed by atoms with Crippen molar-refractivity contribution in [2.45, 2.75) is 19.5 Å². The summed E-state index contributed by atoms with van der Waals surface area (Å²) in [6, 6.07) is 21.2. The summed E-state index contributed by atoms with van der Waals surface area (Å²) >= 11 is 0. The summed E-state index contributed by atoms with van der Waals surface area (Å²) in [4.78, 5) is 15.3. The second kappa shape index (κ2) is 9.09. The molecule has 0 saturated carbocycles. The summed E-state index contributed by atoms with van der Waals surface area (Å²) in [5, 5.41) is 21.8. The molecule has 1 aromatic heterocycles. The van der Waals surface area contributed by atoms with Crippen molar-refractivity contribution in [1.29, 1.82) is 0 Å². The van der Waals surface area contributed by atoms with Gasteiger partial charge < -0.3 is 4.42 Å². The van der Waals surface area contributed by atoms with E-state index < -0.39 is 4.92 Å². The number of hydrogen-bond acceptors (Lipinski definition) is 7. The second-order valence-electron chi connectivity index (χ2n) is 8.38. The van der Waals surface area contributed by atoms with E-state index in [4.69, 9.17) is 4.42 Å². The molecule has 1 aliphatic heterocycles. The quantitative estimate of drug-likeness (QED) is 0.316. The Morgan fingerprint density at radius 1 is 0.970 bits per heavy atom. The fourth-order valence-corrected chi connectivity index (χ4v) is 4.38. The third kappa shape index (κ3) is 4.48. The lowest BCUT2D eigenvalue weighted by Gasteiger charge is -2.37. The van der Waals surface area contributed by atoms with Crippen molar-refractivity contribution in [3.8, 4) is 11.5 Å². The molecular weight excluding hydrogens is 418 g/mol. The molecule has 8 nitrogen and oxygen atoms in total. The van der Waals surface area contributed by atoms with E-state index in [1.165, 1.54) is 28.5 Å². The van der Waals surface area contributed by atoms with E-state index in [0.717, 1.165) is 32.7 Å². The van der Waals surface area contributed by atoms with Crippen LogP contribution >= 0.6 is 0 Å². The van der Waals surface area contributed by atoms with Gasteiger partial charge in [-0.1, -0.05) is 42.5 Å². The van der Waals surface area contributed by atoms with Crippen molar-refractivity contribution in [2.75, 3.05) is 26.2 Å². The number of rotatable bonds is 6. The molecule has 0 amide bonds. The lowest BCUT2D eigenvalue weighted by atomic mass is 10.0. The van der Waals surface area contributed by atoms with Gasteiger partial charge in [0.1, 0.15) is 0 Å². The lowest BCUT2D eigenvalue weighted by molar-refractivity contribution is -0.384. The number of fused-ring (bicyclic) bond motifs is 1. The minimum absolute atomic E-state index is 0.00371. The van der Waals surface area contributed by atoms with Gasteiger partial charge in [0.05, 0.1) is 11.0 Å². The largest absolute Gasteiger partial charge is 0.419 e. The van der Waals surface area contributed by atoms with E-state index in [1.807, 2.05) is 0 Å². The van der Waals surface area contributed by atoms with E-state index in [0.29, 0.717) is 17.3 Å². The van der Waals surface area contributed by atoms with Gasteiger partial charge in [-0.05, 0) is 35.4 Å². The van der Waals surface area contributed by atoms with Crippen LogP contribution in [0.15, 0.2) is 71.1 Å². The predicted octanol–water partition coefficient (Wildman–Crippen LogP) is 4.68. The highest BCUT2D eigenvalue weighted by molar-refractivity contribution is 5.85. The Balaban J connectivity index is 1.21. The standard InChI is InChI=1S/C25H25N5O3/c1-18(24-26-27-25(33-24)20-9-11-22(12-10-20)30(31)32)29-15-13-28(14-16-29)17-21-7-4-6-19-5-2-3-8-23(19)21/h2-12,18H,13-17H2,1H3. The molecular formula is C25H25N5O3. The molecule has 3 aromatic carbocycles. The molecule has 0 bridgehead atoms. The lowest BCUT2D eigenvalue weighted by Crippen LogP contribution is -2.46. The van der Waals surface area contributed by atoms with E-state index in [9.17, 15) is 10.1 Å². The van der Waals surface area contributed by atoms with Gasteiger partial charge >= 0.3 is 0 Å². The van der Waals surface area contributed by atoms with Crippen molar-refractivity contribution in [1.82, 2.24) is 20.0 Å². The molecule has 5 rings (SSSR count). The molecule has 0 N–H and O–H groups in total. The molecule has 8 heteroatoms. The fraction of sp³-hybridized carbons (Fsp3) is 0.280. The van der Waals surface area contributed by atoms with Crippen molar-refractivity contribution in [3.63, 3.8) is 0 Å². The molecule has 33 heavy (non-hydrogen) atoms. The Kier molecular flexibility index (Phi) is 5.85. The number of nitro groups is 1. The van der Waals surface area contributed by atoms with Crippen LogP contribution < -0.4 is 0 Å². The number of aromatic nitrogens is 2. The monoisotopic (exact) mass is 443 g/mol. The van der Waals surface area contributed by atoms with Crippen LogP contribution in [0.4, 0.5) is 5.69 Å². The zero-order valence-electron chi connectivity index (χ0n) is 18.4. The van der Waals surface area contributed by atoms with Crippen LogP contribution in [0, 0.1) is 10.1 Å². The first kappa shape index (κ1) is 21.2. The summed E-state index contributed by atoms with van der Waals surface area (Å²) in [5.74, 6) is 0.937. The number of piperazine rings is 1. The maximum absolute atomic E-state index is 10.8. The summed E-state index contributed by atoms with van der Waals surface area (Å²) in [6.07, 6.45) is 0. The first-order valence-corrected chi connectivity index (χ1v) is 11.1. The van der Waals surface area contributed by atoms with Gasteiger partial charge in [-0.25, -0.2) is 0 Å². The molecule has 0 spiro atoms. The molecule has 0 aliphatic carbocycles. The zero-order valence-corrected chi connectivity index (χ0v) is 18.4. The van der Waals surface area contributed by atoms with E-state index in [-0.39, 0.29) is 11.7 Å². The molecule has 168 valence electrons.